The quantitative estimate of drug-likeness (QED) is 0.756. The first-order chi connectivity index (χ1) is 10.1. The van der Waals surface area contributed by atoms with Crippen LogP contribution in [0.3, 0.4) is 0 Å². The molecule has 3 N–H and O–H groups in total. The fourth-order valence-corrected chi connectivity index (χ4v) is 3.72. The predicted octanol–water partition coefficient (Wildman–Crippen LogP) is 3.41. The van der Waals surface area contributed by atoms with E-state index in [4.69, 9.17) is 5.11 Å². The lowest BCUT2D eigenvalue weighted by molar-refractivity contribution is 0.0698. The van der Waals surface area contributed by atoms with E-state index in [9.17, 15) is 9.59 Å². The van der Waals surface area contributed by atoms with Gasteiger partial charge in [-0.15, -0.1) is 0 Å². The lowest BCUT2D eigenvalue weighted by atomic mass is 10.0. The highest BCUT2D eigenvalue weighted by atomic mass is 79.9. The standard InChI is InChI=1S/C14H17BrN2O3S/c15-10-1-2-12(11(7-10)13(18)19)17-14(20)16-8-9-3-5-21-6-4-9/h1-2,7,9H,3-6,8H2,(H,18,19)(H2,16,17,20). The van der Waals surface area contributed by atoms with Crippen LogP contribution >= 0.6 is 27.7 Å². The van der Waals surface area contributed by atoms with Crippen molar-refractivity contribution in [3.63, 3.8) is 0 Å². The zero-order valence-corrected chi connectivity index (χ0v) is 13.8. The maximum Gasteiger partial charge on any atom is 0.337 e. The van der Waals surface area contributed by atoms with E-state index >= 15 is 0 Å². The highest BCUT2D eigenvalue weighted by Gasteiger charge is 2.16. The molecule has 0 aliphatic carbocycles. The zero-order valence-electron chi connectivity index (χ0n) is 11.4. The molecule has 1 aromatic rings. The molecule has 1 heterocycles. The summed E-state index contributed by atoms with van der Waals surface area (Å²) in [4.78, 5) is 23.0. The molecule has 114 valence electrons. The number of nitrogens with one attached hydrogen (secondary N) is 2. The predicted molar refractivity (Wildman–Crippen MR) is 88.2 cm³/mol. The summed E-state index contributed by atoms with van der Waals surface area (Å²) in [5.74, 6) is 1.73. The van der Waals surface area contributed by atoms with Gasteiger partial charge in [-0.1, -0.05) is 15.9 Å². The van der Waals surface area contributed by atoms with Crippen molar-refractivity contribution in [1.82, 2.24) is 5.32 Å². The molecule has 1 aliphatic rings. The van der Waals surface area contributed by atoms with E-state index < -0.39 is 5.97 Å². The lowest BCUT2D eigenvalue weighted by Crippen LogP contribution is -2.34. The number of carboxylic acids is 1. The van der Waals surface area contributed by atoms with Crippen molar-refractivity contribution >= 4 is 45.4 Å². The van der Waals surface area contributed by atoms with Gasteiger partial charge in [0, 0.05) is 11.0 Å². The molecule has 0 atom stereocenters. The van der Waals surface area contributed by atoms with Crippen LogP contribution in [0.5, 0.6) is 0 Å². The van der Waals surface area contributed by atoms with Gasteiger partial charge in [-0.3, -0.25) is 0 Å². The number of rotatable bonds is 4. The van der Waals surface area contributed by atoms with Crippen LogP contribution in [0.15, 0.2) is 22.7 Å². The summed E-state index contributed by atoms with van der Waals surface area (Å²) in [5.41, 5.74) is 0.357. The number of carbonyl (C=O) groups is 2. The number of benzene rings is 1. The SMILES string of the molecule is O=C(NCC1CCSCC1)Nc1ccc(Br)cc1C(=O)O. The lowest BCUT2D eigenvalue weighted by Gasteiger charge is -2.21. The van der Waals surface area contributed by atoms with Crippen LogP contribution in [0.4, 0.5) is 10.5 Å². The number of halogens is 1. The third-order valence-electron chi connectivity index (χ3n) is 3.35. The molecule has 0 radical (unpaired) electrons. The van der Waals surface area contributed by atoms with Gasteiger partial charge >= 0.3 is 12.0 Å². The van der Waals surface area contributed by atoms with Gasteiger partial charge < -0.3 is 15.7 Å². The minimum absolute atomic E-state index is 0.0635. The highest BCUT2D eigenvalue weighted by molar-refractivity contribution is 9.10. The Labute approximate surface area is 136 Å². The molecular weight excluding hydrogens is 356 g/mol. The summed E-state index contributed by atoms with van der Waals surface area (Å²) >= 11 is 5.16. The van der Waals surface area contributed by atoms with Crippen molar-refractivity contribution in [3.05, 3.63) is 28.2 Å². The molecule has 0 spiro atoms. The monoisotopic (exact) mass is 372 g/mol. The number of urea groups is 1. The average molecular weight is 373 g/mol. The number of carboxylic acid groups (broad SMARTS) is 1. The van der Waals surface area contributed by atoms with Crippen molar-refractivity contribution in [2.45, 2.75) is 12.8 Å². The van der Waals surface area contributed by atoms with E-state index in [1.807, 2.05) is 11.8 Å². The van der Waals surface area contributed by atoms with Crippen molar-refractivity contribution < 1.29 is 14.7 Å². The number of anilines is 1. The van der Waals surface area contributed by atoms with Gasteiger partial charge in [0.25, 0.3) is 0 Å². The molecule has 1 saturated heterocycles. The summed E-state index contributed by atoms with van der Waals surface area (Å²) in [6.07, 6.45) is 2.23. The van der Waals surface area contributed by atoms with Crippen LogP contribution in [0.25, 0.3) is 0 Å². The zero-order chi connectivity index (χ0) is 15.2. The fourth-order valence-electron chi connectivity index (χ4n) is 2.16. The van der Waals surface area contributed by atoms with Crippen LogP contribution in [-0.4, -0.2) is 35.2 Å². The average Bonchev–Trinajstić information content (AvgIpc) is 2.48. The second-order valence-corrected chi connectivity index (χ2v) is 7.03. The maximum atomic E-state index is 11.9. The molecule has 21 heavy (non-hydrogen) atoms. The van der Waals surface area contributed by atoms with Crippen LogP contribution in [0.2, 0.25) is 0 Å². The number of thioether (sulfide) groups is 1. The summed E-state index contributed by atoms with van der Waals surface area (Å²) in [7, 11) is 0. The molecule has 1 aliphatic heterocycles. The highest BCUT2D eigenvalue weighted by Crippen LogP contribution is 2.23. The van der Waals surface area contributed by atoms with Crippen molar-refractivity contribution in [1.29, 1.82) is 0 Å². The molecule has 1 fully saturated rings. The van der Waals surface area contributed by atoms with Crippen molar-refractivity contribution in [2.75, 3.05) is 23.4 Å². The largest absolute Gasteiger partial charge is 0.478 e. The third-order valence-corrected chi connectivity index (χ3v) is 4.89. The van der Waals surface area contributed by atoms with E-state index in [-0.39, 0.29) is 11.6 Å². The summed E-state index contributed by atoms with van der Waals surface area (Å²) in [6.45, 7) is 0.630. The van der Waals surface area contributed by atoms with Gasteiger partial charge in [0.2, 0.25) is 0 Å². The van der Waals surface area contributed by atoms with E-state index in [2.05, 4.69) is 26.6 Å². The first kappa shape index (κ1) is 16.2. The van der Waals surface area contributed by atoms with E-state index in [0.717, 1.165) is 24.3 Å². The topological polar surface area (TPSA) is 78.4 Å². The first-order valence-corrected chi connectivity index (χ1v) is 8.66. The summed E-state index contributed by atoms with van der Waals surface area (Å²) in [6, 6.07) is 4.37. The number of amides is 2. The van der Waals surface area contributed by atoms with Gasteiger partial charge in [0.15, 0.2) is 0 Å². The molecule has 0 bridgehead atoms. The molecule has 5 nitrogen and oxygen atoms in total. The molecule has 0 saturated carbocycles. The van der Waals surface area contributed by atoms with Gasteiger partial charge in [-0.05, 0) is 48.5 Å². The Bertz CT molecular complexity index is 533. The number of hydrogen-bond donors (Lipinski definition) is 3. The van der Waals surface area contributed by atoms with Gasteiger partial charge in [0.1, 0.15) is 0 Å². The van der Waals surface area contributed by atoms with Gasteiger partial charge in [-0.2, -0.15) is 11.8 Å². The Kier molecular flexibility index (Phi) is 5.93. The van der Waals surface area contributed by atoms with Crippen molar-refractivity contribution in [2.24, 2.45) is 5.92 Å². The van der Waals surface area contributed by atoms with Gasteiger partial charge in [0.05, 0.1) is 11.3 Å². The Balaban J connectivity index is 1.91. The second-order valence-electron chi connectivity index (χ2n) is 4.89. The molecule has 1 aromatic carbocycles. The molecular formula is C14H17BrN2O3S. The van der Waals surface area contributed by atoms with E-state index in [1.54, 1.807) is 12.1 Å². The Morgan fingerprint density at radius 2 is 2.05 bits per heavy atom. The van der Waals surface area contributed by atoms with Crippen LogP contribution in [0.1, 0.15) is 23.2 Å². The molecule has 2 amide bonds. The van der Waals surface area contributed by atoms with Crippen LogP contribution in [-0.2, 0) is 0 Å². The third kappa shape index (κ3) is 4.93. The molecule has 0 unspecified atom stereocenters. The van der Waals surface area contributed by atoms with Crippen LogP contribution < -0.4 is 10.6 Å². The number of hydrogen-bond acceptors (Lipinski definition) is 3. The van der Waals surface area contributed by atoms with E-state index in [0.29, 0.717) is 22.6 Å². The molecule has 0 aromatic heterocycles. The Hall–Kier alpha value is -1.21. The molecule has 2 rings (SSSR count). The second kappa shape index (κ2) is 7.70. The fraction of sp³-hybridized carbons (Fsp3) is 0.429. The molecule has 7 heteroatoms. The number of aromatic carboxylic acids is 1. The van der Waals surface area contributed by atoms with E-state index in [1.165, 1.54) is 6.07 Å². The summed E-state index contributed by atoms with van der Waals surface area (Å²) in [5, 5.41) is 14.6. The minimum atomic E-state index is -1.07. The van der Waals surface area contributed by atoms with Gasteiger partial charge in [-0.25, -0.2) is 9.59 Å². The normalized spacial score (nSPS) is 15.5. The Morgan fingerprint density at radius 1 is 1.33 bits per heavy atom. The minimum Gasteiger partial charge on any atom is -0.478 e. The Morgan fingerprint density at radius 3 is 2.71 bits per heavy atom. The summed E-state index contributed by atoms with van der Waals surface area (Å²) < 4.78 is 0.658. The first-order valence-electron chi connectivity index (χ1n) is 6.71. The maximum absolute atomic E-state index is 11.9. The number of carbonyl (C=O) groups excluding carboxylic acids is 1. The van der Waals surface area contributed by atoms with Crippen LogP contribution in [0, 0.1) is 5.92 Å². The van der Waals surface area contributed by atoms with Crippen molar-refractivity contribution in [3.8, 4) is 0 Å². The smallest absolute Gasteiger partial charge is 0.337 e.